The van der Waals surface area contributed by atoms with Crippen molar-refractivity contribution in [1.29, 1.82) is 0 Å². The van der Waals surface area contributed by atoms with Gasteiger partial charge in [-0.2, -0.15) is 0 Å². The van der Waals surface area contributed by atoms with E-state index >= 15 is 0 Å². The van der Waals surface area contributed by atoms with Crippen LogP contribution >= 0.6 is 0 Å². The van der Waals surface area contributed by atoms with Crippen molar-refractivity contribution in [1.82, 2.24) is 0 Å². The van der Waals surface area contributed by atoms with Gasteiger partial charge in [-0.25, -0.2) is 0 Å². The summed E-state index contributed by atoms with van der Waals surface area (Å²) in [5.41, 5.74) is 22.4. The highest BCUT2D eigenvalue weighted by atomic mass is 14.9. The van der Waals surface area contributed by atoms with Gasteiger partial charge in [0.15, 0.2) is 0 Å². The van der Waals surface area contributed by atoms with Gasteiger partial charge in [-0.1, -0.05) is 0 Å². The molecule has 1 aliphatic carbocycles. The van der Waals surface area contributed by atoms with Crippen molar-refractivity contribution in [2.75, 3.05) is 0 Å². The van der Waals surface area contributed by atoms with Gasteiger partial charge in [-0.05, 0) is 37.5 Å². The SMILES string of the molecule is NC(N)C1CCC(C(N)N)CC1. The van der Waals surface area contributed by atoms with E-state index in [2.05, 4.69) is 0 Å². The fourth-order valence-corrected chi connectivity index (χ4v) is 1.91. The third-order valence-corrected chi connectivity index (χ3v) is 2.91. The molecule has 0 heterocycles. The van der Waals surface area contributed by atoms with E-state index in [-0.39, 0.29) is 12.3 Å². The van der Waals surface area contributed by atoms with Gasteiger partial charge in [0.25, 0.3) is 0 Å². The monoisotopic (exact) mass is 172 g/mol. The minimum Gasteiger partial charge on any atom is -0.316 e. The molecule has 0 atom stereocenters. The molecule has 0 spiro atoms. The van der Waals surface area contributed by atoms with Crippen LogP contribution in [-0.4, -0.2) is 12.3 Å². The molecular formula is C8H20N4. The molecule has 72 valence electrons. The van der Waals surface area contributed by atoms with E-state index in [0.29, 0.717) is 11.8 Å². The molecule has 4 nitrogen and oxygen atoms in total. The molecule has 0 bridgehead atoms. The molecule has 0 radical (unpaired) electrons. The fraction of sp³-hybridized carbons (Fsp3) is 1.00. The summed E-state index contributed by atoms with van der Waals surface area (Å²) in [6.45, 7) is 0. The normalized spacial score (nSPS) is 31.5. The third-order valence-electron chi connectivity index (χ3n) is 2.91. The van der Waals surface area contributed by atoms with Gasteiger partial charge >= 0.3 is 0 Å². The highest BCUT2D eigenvalue weighted by Gasteiger charge is 2.25. The summed E-state index contributed by atoms with van der Waals surface area (Å²) >= 11 is 0. The van der Waals surface area contributed by atoms with Crippen molar-refractivity contribution in [2.45, 2.75) is 38.0 Å². The maximum Gasteiger partial charge on any atom is 0.0549 e. The average molecular weight is 172 g/mol. The van der Waals surface area contributed by atoms with Gasteiger partial charge in [0.05, 0.1) is 12.3 Å². The topological polar surface area (TPSA) is 104 Å². The van der Waals surface area contributed by atoms with Crippen LogP contribution in [0.5, 0.6) is 0 Å². The molecule has 0 amide bonds. The summed E-state index contributed by atoms with van der Waals surface area (Å²) < 4.78 is 0. The molecular weight excluding hydrogens is 152 g/mol. The number of nitrogens with two attached hydrogens (primary N) is 4. The third kappa shape index (κ3) is 2.42. The first-order valence-electron chi connectivity index (χ1n) is 4.63. The van der Waals surface area contributed by atoms with Gasteiger partial charge in [0, 0.05) is 0 Å². The maximum absolute atomic E-state index is 5.60. The molecule has 0 aromatic carbocycles. The Morgan fingerprint density at radius 3 is 1.08 bits per heavy atom. The van der Waals surface area contributed by atoms with Crippen LogP contribution in [0.1, 0.15) is 25.7 Å². The summed E-state index contributed by atoms with van der Waals surface area (Å²) in [6.07, 6.45) is 3.97. The molecule has 1 fully saturated rings. The van der Waals surface area contributed by atoms with Gasteiger partial charge in [0.1, 0.15) is 0 Å². The van der Waals surface area contributed by atoms with Crippen LogP contribution in [-0.2, 0) is 0 Å². The second-order valence-corrected chi connectivity index (χ2v) is 3.83. The van der Waals surface area contributed by atoms with E-state index in [1.165, 1.54) is 0 Å². The van der Waals surface area contributed by atoms with Gasteiger partial charge in [0.2, 0.25) is 0 Å². The van der Waals surface area contributed by atoms with E-state index in [1.807, 2.05) is 0 Å². The van der Waals surface area contributed by atoms with Crippen molar-refractivity contribution in [2.24, 2.45) is 34.8 Å². The summed E-state index contributed by atoms with van der Waals surface area (Å²) in [7, 11) is 0. The van der Waals surface area contributed by atoms with Crippen molar-refractivity contribution in [3.05, 3.63) is 0 Å². The minimum atomic E-state index is -0.167. The largest absolute Gasteiger partial charge is 0.316 e. The predicted octanol–water partition coefficient (Wildman–Crippen LogP) is -0.720. The highest BCUT2D eigenvalue weighted by molar-refractivity contribution is 4.79. The number of rotatable bonds is 2. The Kier molecular flexibility index (Phi) is 3.46. The Hall–Kier alpha value is -0.160. The number of hydrogen-bond donors (Lipinski definition) is 4. The smallest absolute Gasteiger partial charge is 0.0549 e. The lowest BCUT2D eigenvalue weighted by atomic mass is 9.80. The fourth-order valence-electron chi connectivity index (χ4n) is 1.91. The lowest BCUT2D eigenvalue weighted by Gasteiger charge is -2.32. The molecule has 8 N–H and O–H groups in total. The van der Waals surface area contributed by atoms with Gasteiger partial charge in [-0.15, -0.1) is 0 Å². The zero-order chi connectivity index (χ0) is 9.14. The first-order chi connectivity index (χ1) is 5.61. The molecule has 0 unspecified atom stereocenters. The van der Waals surface area contributed by atoms with Gasteiger partial charge < -0.3 is 22.9 Å². The zero-order valence-electron chi connectivity index (χ0n) is 7.45. The van der Waals surface area contributed by atoms with E-state index < -0.39 is 0 Å². The molecule has 0 aromatic heterocycles. The van der Waals surface area contributed by atoms with E-state index in [0.717, 1.165) is 25.7 Å². The Morgan fingerprint density at radius 1 is 0.667 bits per heavy atom. The van der Waals surface area contributed by atoms with Crippen LogP contribution in [0, 0.1) is 11.8 Å². The molecule has 4 heteroatoms. The summed E-state index contributed by atoms with van der Waals surface area (Å²) in [5.74, 6) is 0.944. The van der Waals surface area contributed by atoms with Crippen molar-refractivity contribution in [3.63, 3.8) is 0 Å². The average Bonchev–Trinajstić information content (AvgIpc) is 2.04. The lowest BCUT2D eigenvalue weighted by molar-refractivity contribution is 0.222. The Balaban J connectivity index is 2.30. The molecule has 0 aromatic rings. The van der Waals surface area contributed by atoms with Crippen LogP contribution in [0.2, 0.25) is 0 Å². The van der Waals surface area contributed by atoms with Crippen molar-refractivity contribution >= 4 is 0 Å². The van der Waals surface area contributed by atoms with Crippen molar-refractivity contribution < 1.29 is 0 Å². The van der Waals surface area contributed by atoms with Crippen LogP contribution in [0.3, 0.4) is 0 Å². The summed E-state index contributed by atoms with van der Waals surface area (Å²) in [6, 6.07) is 0. The van der Waals surface area contributed by atoms with Crippen LogP contribution in [0.4, 0.5) is 0 Å². The summed E-state index contributed by atoms with van der Waals surface area (Å²) in [5, 5.41) is 0. The second kappa shape index (κ2) is 4.18. The predicted molar refractivity (Wildman–Crippen MR) is 49.8 cm³/mol. The van der Waals surface area contributed by atoms with E-state index in [4.69, 9.17) is 22.9 Å². The van der Waals surface area contributed by atoms with Crippen LogP contribution < -0.4 is 22.9 Å². The second-order valence-electron chi connectivity index (χ2n) is 3.83. The quantitative estimate of drug-likeness (QED) is 0.413. The molecule has 12 heavy (non-hydrogen) atoms. The first kappa shape index (κ1) is 9.92. The molecule has 1 aliphatic rings. The molecule has 0 aliphatic heterocycles. The van der Waals surface area contributed by atoms with Gasteiger partial charge in [-0.3, -0.25) is 0 Å². The van der Waals surface area contributed by atoms with Crippen LogP contribution in [0.25, 0.3) is 0 Å². The lowest BCUT2D eigenvalue weighted by Crippen LogP contribution is -2.45. The zero-order valence-corrected chi connectivity index (χ0v) is 7.45. The highest BCUT2D eigenvalue weighted by Crippen LogP contribution is 2.29. The Morgan fingerprint density at radius 2 is 0.917 bits per heavy atom. The first-order valence-corrected chi connectivity index (χ1v) is 4.63. The summed E-state index contributed by atoms with van der Waals surface area (Å²) in [4.78, 5) is 0. The van der Waals surface area contributed by atoms with E-state index in [9.17, 15) is 0 Å². The van der Waals surface area contributed by atoms with E-state index in [1.54, 1.807) is 0 Å². The minimum absolute atomic E-state index is 0.167. The maximum atomic E-state index is 5.60. The molecule has 1 saturated carbocycles. The Labute approximate surface area is 73.6 Å². The number of hydrogen-bond acceptors (Lipinski definition) is 4. The van der Waals surface area contributed by atoms with Crippen LogP contribution in [0.15, 0.2) is 0 Å². The molecule has 1 rings (SSSR count). The molecule has 0 saturated heterocycles. The van der Waals surface area contributed by atoms with Crippen molar-refractivity contribution in [3.8, 4) is 0 Å². The standard InChI is InChI=1S/C8H20N4/c9-7(10)5-1-2-6(4-3-5)8(11)12/h5-8H,1-4,9-12H2. The Bertz CT molecular complexity index is 111.